The van der Waals surface area contributed by atoms with E-state index in [9.17, 15) is 0 Å². The molecule has 1 fully saturated rings. The highest BCUT2D eigenvalue weighted by molar-refractivity contribution is 5.91. The van der Waals surface area contributed by atoms with Crippen molar-refractivity contribution in [1.82, 2.24) is 20.2 Å². The summed E-state index contributed by atoms with van der Waals surface area (Å²) in [5.41, 5.74) is 8.58. The maximum Gasteiger partial charge on any atom is 0.224 e. The van der Waals surface area contributed by atoms with Crippen LogP contribution >= 0.6 is 0 Å². The summed E-state index contributed by atoms with van der Waals surface area (Å²) in [4.78, 5) is 11.6. The maximum atomic E-state index is 5.86. The molecule has 3 aromatic rings. The van der Waals surface area contributed by atoms with E-state index in [0.29, 0.717) is 18.4 Å². The van der Waals surface area contributed by atoms with Crippen LogP contribution in [0.5, 0.6) is 0 Å². The van der Waals surface area contributed by atoms with Crippen LogP contribution in [0.15, 0.2) is 24.3 Å². The fourth-order valence-electron chi connectivity index (χ4n) is 3.26. The zero-order valence-corrected chi connectivity index (χ0v) is 15.2. The van der Waals surface area contributed by atoms with E-state index in [1.54, 1.807) is 0 Å². The van der Waals surface area contributed by atoms with Gasteiger partial charge in [-0.3, -0.25) is 5.10 Å². The molecule has 2 unspecified atom stereocenters. The number of nitrogens with zero attached hydrogens (tertiary/aromatic N) is 4. The quantitative estimate of drug-likeness (QED) is 0.663. The number of ether oxygens (including phenoxy) is 1. The Morgan fingerprint density at radius 1 is 1.27 bits per heavy atom. The van der Waals surface area contributed by atoms with E-state index in [4.69, 9.17) is 10.5 Å². The normalized spacial score (nSPS) is 20.5. The molecule has 2 aromatic heterocycles. The van der Waals surface area contributed by atoms with E-state index >= 15 is 0 Å². The summed E-state index contributed by atoms with van der Waals surface area (Å²) in [6.07, 6.45) is 0.173. The van der Waals surface area contributed by atoms with E-state index in [1.165, 1.54) is 0 Å². The van der Waals surface area contributed by atoms with Gasteiger partial charge in [0.2, 0.25) is 5.95 Å². The van der Waals surface area contributed by atoms with Crippen molar-refractivity contribution in [3.8, 4) is 11.3 Å². The number of hydrogen-bond acceptors (Lipinski definition) is 7. The van der Waals surface area contributed by atoms with Crippen LogP contribution < -0.4 is 16.0 Å². The molecule has 0 amide bonds. The van der Waals surface area contributed by atoms with E-state index < -0.39 is 0 Å². The van der Waals surface area contributed by atoms with Gasteiger partial charge in [0.15, 0.2) is 5.82 Å². The number of anilines is 3. The summed E-state index contributed by atoms with van der Waals surface area (Å²) in [5.74, 6) is 1.99. The minimum atomic E-state index is 0.173. The number of fused-ring (bicyclic) bond motifs is 1. The number of nitrogen functional groups attached to an aromatic ring is 1. The number of morpholine rings is 1. The van der Waals surface area contributed by atoms with Gasteiger partial charge in [-0.1, -0.05) is 6.07 Å². The maximum absolute atomic E-state index is 5.86. The molecular weight excluding hydrogens is 330 g/mol. The molecule has 0 bridgehead atoms. The van der Waals surface area contributed by atoms with Crippen LogP contribution in [0, 0.1) is 0 Å². The van der Waals surface area contributed by atoms with E-state index in [0.717, 1.165) is 34.5 Å². The molecule has 8 nitrogen and oxygen atoms in total. The van der Waals surface area contributed by atoms with Gasteiger partial charge >= 0.3 is 0 Å². The van der Waals surface area contributed by atoms with E-state index in [1.807, 2.05) is 31.3 Å². The van der Waals surface area contributed by atoms with Crippen molar-refractivity contribution in [2.24, 2.45) is 0 Å². The third-order valence-electron chi connectivity index (χ3n) is 4.73. The van der Waals surface area contributed by atoms with Gasteiger partial charge in [-0.2, -0.15) is 10.1 Å². The molecule has 136 valence electrons. The Hall–Kier alpha value is -2.87. The smallest absolute Gasteiger partial charge is 0.224 e. The van der Waals surface area contributed by atoms with Crippen LogP contribution in [0.2, 0.25) is 0 Å². The molecule has 26 heavy (non-hydrogen) atoms. The van der Waals surface area contributed by atoms with Gasteiger partial charge in [0.25, 0.3) is 0 Å². The average molecular weight is 353 g/mol. The van der Waals surface area contributed by atoms with Crippen molar-refractivity contribution in [1.29, 1.82) is 0 Å². The molecule has 0 saturated carbocycles. The second-order valence-electron chi connectivity index (χ2n) is 6.70. The number of nitrogens with two attached hydrogens (primary N) is 1. The van der Waals surface area contributed by atoms with E-state index in [2.05, 4.69) is 44.2 Å². The Balaban J connectivity index is 1.77. The summed E-state index contributed by atoms with van der Waals surface area (Å²) >= 11 is 0. The van der Waals surface area contributed by atoms with Crippen LogP contribution in [0.1, 0.15) is 13.8 Å². The van der Waals surface area contributed by atoms with Crippen LogP contribution in [0.3, 0.4) is 0 Å². The van der Waals surface area contributed by atoms with Crippen molar-refractivity contribution in [2.75, 3.05) is 36.1 Å². The number of aromatic nitrogens is 4. The lowest BCUT2D eigenvalue weighted by molar-refractivity contribution is 0.0340. The molecule has 0 radical (unpaired) electrons. The Morgan fingerprint density at radius 3 is 2.92 bits per heavy atom. The summed E-state index contributed by atoms with van der Waals surface area (Å²) in [6, 6.07) is 8.26. The lowest BCUT2D eigenvalue weighted by Crippen LogP contribution is -2.47. The molecule has 1 aliphatic rings. The molecule has 8 heteroatoms. The largest absolute Gasteiger partial charge is 0.382 e. The zero-order valence-electron chi connectivity index (χ0n) is 15.2. The molecule has 2 atom stereocenters. The van der Waals surface area contributed by atoms with Crippen molar-refractivity contribution in [2.45, 2.75) is 26.0 Å². The van der Waals surface area contributed by atoms with Crippen LogP contribution in [0.4, 0.5) is 17.6 Å². The monoisotopic (exact) mass is 353 g/mol. The molecule has 3 heterocycles. The van der Waals surface area contributed by atoms with Gasteiger partial charge in [-0.15, -0.1) is 0 Å². The summed E-state index contributed by atoms with van der Waals surface area (Å²) in [5, 5.41) is 11.0. The summed E-state index contributed by atoms with van der Waals surface area (Å²) < 4.78 is 5.74. The minimum Gasteiger partial charge on any atom is -0.382 e. The first-order valence-electron chi connectivity index (χ1n) is 8.74. The number of nitrogens with one attached hydrogen (secondary N) is 2. The van der Waals surface area contributed by atoms with Crippen LogP contribution in [-0.4, -0.2) is 52.5 Å². The van der Waals surface area contributed by atoms with Gasteiger partial charge in [0.05, 0.1) is 30.0 Å². The van der Waals surface area contributed by atoms with Crippen molar-refractivity contribution in [3.63, 3.8) is 0 Å². The second kappa shape index (κ2) is 6.45. The highest BCUT2D eigenvalue weighted by Gasteiger charge is 2.25. The predicted molar refractivity (Wildman–Crippen MR) is 103 cm³/mol. The molecule has 4 rings (SSSR count). The first kappa shape index (κ1) is 16.6. The summed E-state index contributed by atoms with van der Waals surface area (Å²) in [6.45, 7) is 5.72. The third-order valence-corrected chi connectivity index (χ3v) is 4.73. The lowest BCUT2D eigenvalue weighted by Gasteiger charge is -2.37. The highest BCUT2D eigenvalue weighted by Crippen LogP contribution is 2.29. The molecule has 1 saturated heterocycles. The van der Waals surface area contributed by atoms with Crippen molar-refractivity contribution in [3.05, 3.63) is 24.3 Å². The second-order valence-corrected chi connectivity index (χ2v) is 6.70. The topological polar surface area (TPSA) is 105 Å². The number of hydrogen-bond donors (Lipinski definition) is 3. The first-order valence-corrected chi connectivity index (χ1v) is 8.74. The van der Waals surface area contributed by atoms with Gasteiger partial charge in [-0.25, -0.2) is 4.98 Å². The molecule has 1 aliphatic heterocycles. The van der Waals surface area contributed by atoms with Crippen molar-refractivity contribution < 1.29 is 4.74 Å². The average Bonchev–Trinajstić information content (AvgIpc) is 3.03. The number of benzene rings is 1. The fourth-order valence-corrected chi connectivity index (χ4v) is 3.26. The van der Waals surface area contributed by atoms with Gasteiger partial charge < -0.3 is 20.7 Å². The van der Waals surface area contributed by atoms with Crippen LogP contribution in [-0.2, 0) is 4.74 Å². The van der Waals surface area contributed by atoms with Crippen molar-refractivity contribution >= 4 is 28.5 Å². The summed E-state index contributed by atoms with van der Waals surface area (Å²) in [7, 11) is 1.83. The Morgan fingerprint density at radius 2 is 2.12 bits per heavy atom. The highest BCUT2D eigenvalue weighted by atomic mass is 16.5. The molecule has 0 spiro atoms. The molecule has 1 aromatic carbocycles. The Labute approximate surface area is 151 Å². The SMILES string of the molecule is CNc1nc(-c2ccc3c(N)n[nH]c3c2)cc(N2CC(C)OCC2C)n1. The Kier molecular flexibility index (Phi) is 4.12. The van der Waals surface area contributed by atoms with Gasteiger partial charge in [-0.05, 0) is 26.0 Å². The molecule has 4 N–H and O–H groups in total. The first-order chi connectivity index (χ1) is 12.5. The lowest BCUT2D eigenvalue weighted by atomic mass is 10.1. The number of aromatic amines is 1. The Bertz CT molecular complexity index is 938. The van der Waals surface area contributed by atoms with Gasteiger partial charge in [0.1, 0.15) is 5.82 Å². The number of H-pyrrole nitrogens is 1. The van der Waals surface area contributed by atoms with E-state index in [-0.39, 0.29) is 12.1 Å². The standard InChI is InChI=1S/C18H23N7O/c1-10-9-26-11(2)8-25(10)16-7-14(21-18(20-3)22-16)12-4-5-13-15(6-12)23-24-17(13)19/h4-7,10-11H,8-9H2,1-3H3,(H3,19,23,24)(H,20,21,22). The molecular formula is C18H23N7O. The predicted octanol–water partition coefficient (Wildman–Crippen LogP) is 2.26. The minimum absolute atomic E-state index is 0.173. The molecule has 0 aliphatic carbocycles. The fraction of sp³-hybridized carbons (Fsp3) is 0.389. The van der Waals surface area contributed by atoms with Crippen LogP contribution in [0.25, 0.3) is 22.2 Å². The third kappa shape index (κ3) is 2.92. The van der Waals surface area contributed by atoms with Gasteiger partial charge in [0, 0.05) is 30.6 Å². The zero-order chi connectivity index (χ0) is 18.3. The number of rotatable bonds is 3.